The minimum absolute atomic E-state index is 0.0934. The van der Waals surface area contributed by atoms with Crippen molar-refractivity contribution >= 4 is 17.2 Å². The van der Waals surface area contributed by atoms with E-state index >= 15 is 0 Å². The summed E-state index contributed by atoms with van der Waals surface area (Å²) in [6.45, 7) is 7.17. The first-order valence-electron chi connectivity index (χ1n) is 11.1. The number of carbonyl (C=O) groups is 1. The third kappa shape index (κ3) is 4.55. The molecule has 1 aliphatic carbocycles. The highest BCUT2D eigenvalue weighted by molar-refractivity contribution is 5.79. The van der Waals surface area contributed by atoms with Gasteiger partial charge < -0.3 is 15.0 Å². The molecule has 158 valence electrons. The normalized spacial score (nSPS) is 17.7. The Hall–Kier alpha value is -2.15. The Morgan fingerprint density at radius 2 is 2.07 bits per heavy atom. The number of hydrogen-bond acceptors (Lipinski definition) is 5. The molecule has 0 saturated carbocycles. The van der Waals surface area contributed by atoms with Crippen molar-refractivity contribution in [1.82, 2.24) is 19.9 Å². The Balaban J connectivity index is 1.34. The number of piperidine rings is 1. The topological polar surface area (TPSA) is 71.8 Å². The summed E-state index contributed by atoms with van der Waals surface area (Å²) >= 11 is 0. The number of fused-ring (bicyclic) bond motifs is 3. The summed E-state index contributed by atoms with van der Waals surface area (Å²) in [5.74, 6) is 1.31. The number of anilines is 1. The second-order valence-corrected chi connectivity index (χ2v) is 8.50. The highest BCUT2D eigenvalue weighted by Crippen LogP contribution is 2.32. The minimum Gasteiger partial charge on any atom is -0.379 e. The lowest BCUT2D eigenvalue weighted by molar-refractivity contribution is -0.125. The maximum absolute atomic E-state index is 12.5. The number of ether oxygens (including phenoxy) is 1. The zero-order chi connectivity index (χ0) is 20.2. The fourth-order valence-corrected chi connectivity index (χ4v) is 4.48. The van der Waals surface area contributed by atoms with Gasteiger partial charge in [0.25, 0.3) is 0 Å². The molecule has 7 nitrogen and oxygen atoms in total. The molecule has 1 saturated heterocycles. The molecule has 2 aliphatic rings. The molecule has 1 amide bonds. The van der Waals surface area contributed by atoms with Gasteiger partial charge in [-0.25, -0.2) is 9.50 Å². The first-order valence-corrected chi connectivity index (χ1v) is 11.1. The molecule has 1 fully saturated rings. The van der Waals surface area contributed by atoms with Crippen LogP contribution in [0.3, 0.4) is 0 Å². The fourth-order valence-electron chi connectivity index (χ4n) is 4.48. The first kappa shape index (κ1) is 20.1. The van der Waals surface area contributed by atoms with E-state index in [-0.39, 0.29) is 17.9 Å². The number of carbonyl (C=O) groups excluding carboxylic acids is 1. The van der Waals surface area contributed by atoms with E-state index in [1.165, 1.54) is 29.6 Å². The van der Waals surface area contributed by atoms with Crippen LogP contribution in [0.1, 0.15) is 57.2 Å². The summed E-state index contributed by atoms with van der Waals surface area (Å²) in [5, 5.41) is 7.87. The summed E-state index contributed by atoms with van der Waals surface area (Å²) in [6.07, 6.45) is 11.3. The van der Waals surface area contributed by atoms with E-state index in [1.54, 1.807) is 0 Å². The summed E-state index contributed by atoms with van der Waals surface area (Å²) < 4.78 is 7.54. The van der Waals surface area contributed by atoms with E-state index < -0.39 is 0 Å². The van der Waals surface area contributed by atoms with Crippen LogP contribution in [0.15, 0.2) is 12.4 Å². The summed E-state index contributed by atoms with van der Waals surface area (Å²) in [6, 6.07) is 0. The quantitative estimate of drug-likeness (QED) is 0.725. The van der Waals surface area contributed by atoms with Crippen molar-refractivity contribution in [3.05, 3.63) is 23.7 Å². The molecule has 0 atom stereocenters. The van der Waals surface area contributed by atoms with Gasteiger partial charge in [0.2, 0.25) is 5.91 Å². The fraction of sp³-hybridized carbons (Fsp3) is 0.682. The molecular formula is C22H33N5O2. The largest absolute Gasteiger partial charge is 0.379 e. The van der Waals surface area contributed by atoms with Crippen LogP contribution in [0, 0.1) is 5.92 Å². The molecule has 0 spiro atoms. The Morgan fingerprint density at radius 1 is 1.28 bits per heavy atom. The van der Waals surface area contributed by atoms with Crippen LogP contribution >= 0.6 is 0 Å². The van der Waals surface area contributed by atoms with E-state index in [2.05, 4.69) is 10.2 Å². The molecule has 0 bridgehead atoms. The Labute approximate surface area is 172 Å². The van der Waals surface area contributed by atoms with Gasteiger partial charge in [0.15, 0.2) is 5.82 Å². The van der Waals surface area contributed by atoms with Gasteiger partial charge in [-0.2, -0.15) is 5.10 Å². The molecule has 4 rings (SSSR count). The van der Waals surface area contributed by atoms with Crippen LogP contribution in [0.2, 0.25) is 0 Å². The van der Waals surface area contributed by atoms with E-state index in [0.717, 1.165) is 51.0 Å². The molecule has 0 unspecified atom stereocenters. The zero-order valence-electron chi connectivity index (χ0n) is 17.7. The van der Waals surface area contributed by atoms with Crippen LogP contribution in [-0.4, -0.2) is 52.9 Å². The lowest BCUT2D eigenvalue weighted by Crippen LogP contribution is -2.41. The lowest BCUT2D eigenvalue weighted by atomic mass is 9.94. The first-order chi connectivity index (χ1) is 14.1. The molecule has 29 heavy (non-hydrogen) atoms. The van der Waals surface area contributed by atoms with Gasteiger partial charge in [0.1, 0.15) is 5.52 Å². The van der Waals surface area contributed by atoms with Crippen LogP contribution < -0.4 is 10.2 Å². The number of rotatable bonds is 7. The van der Waals surface area contributed by atoms with Gasteiger partial charge in [-0.1, -0.05) is 0 Å². The van der Waals surface area contributed by atoms with Crippen LogP contribution in [0.5, 0.6) is 0 Å². The van der Waals surface area contributed by atoms with Gasteiger partial charge in [-0.05, 0) is 58.8 Å². The van der Waals surface area contributed by atoms with Crippen LogP contribution in [0.4, 0.5) is 5.82 Å². The molecule has 1 N–H and O–H groups in total. The Bertz CT molecular complexity index is 839. The van der Waals surface area contributed by atoms with Gasteiger partial charge in [0.05, 0.1) is 11.8 Å². The summed E-state index contributed by atoms with van der Waals surface area (Å²) in [5.41, 5.74) is 3.79. The Kier molecular flexibility index (Phi) is 6.33. The standard InChI is InChI=1S/C22H33N5O2/c1-16(2)29-15-5-10-24-22(28)17-8-12-26(13-9-17)21-20-18-6-3-4-7-19(18)25-27(20)14-11-23-21/h11,14,16-17H,3-10,12-13,15H2,1-2H3,(H,24,28). The van der Waals surface area contributed by atoms with Crippen molar-refractivity contribution in [2.45, 2.75) is 64.9 Å². The van der Waals surface area contributed by atoms with Crippen molar-refractivity contribution in [1.29, 1.82) is 0 Å². The average Bonchev–Trinajstić information content (AvgIpc) is 3.12. The van der Waals surface area contributed by atoms with Gasteiger partial charge in [-0.15, -0.1) is 0 Å². The molecule has 1 aliphatic heterocycles. The number of nitrogens with one attached hydrogen (secondary N) is 1. The van der Waals surface area contributed by atoms with Gasteiger partial charge in [0, 0.05) is 50.1 Å². The van der Waals surface area contributed by atoms with Crippen molar-refractivity contribution in [2.75, 3.05) is 31.1 Å². The second kappa shape index (κ2) is 9.11. The maximum Gasteiger partial charge on any atom is 0.223 e. The van der Waals surface area contributed by atoms with E-state index in [9.17, 15) is 4.79 Å². The Morgan fingerprint density at radius 3 is 2.86 bits per heavy atom. The number of amides is 1. The lowest BCUT2D eigenvalue weighted by Gasteiger charge is -2.32. The third-order valence-electron chi connectivity index (χ3n) is 6.04. The molecule has 0 radical (unpaired) electrons. The highest BCUT2D eigenvalue weighted by Gasteiger charge is 2.28. The van der Waals surface area contributed by atoms with E-state index in [0.29, 0.717) is 13.2 Å². The number of aromatic nitrogens is 3. The van der Waals surface area contributed by atoms with Crippen molar-refractivity contribution in [3.63, 3.8) is 0 Å². The zero-order valence-corrected chi connectivity index (χ0v) is 17.7. The van der Waals surface area contributed by atoms with Crippen LogP contribution in [0.25, 0.3) is 5.52 Å². The predicted molar refractivity (Wildman–Crippen MR) is 113 cm³/mol. The van der Waals surface area contributed by atoms with E-state index in [4.69, 9.17) is 14.8 Å². The van der Waals surface area contributed by atoms with Crippen LogP contribution in [-0.2, 0) is 22.4 Å². The smallest absolute Gasteiger partial charge is 0.223 e. The SMILES string of the molecule is CC(C)OCCCNC(=O)C1CCN(c2nccn3nc4c(c23)CCCC4)CC1. The monoisotopic (exact) mass is 399 g/mol. The predicted octanol–water partition coefficient (Wildman–Crippen LogP) is 2.76. The third-order valence-corrected chi connectivity index (χ3v) is 6.04. The average molecular weight is 400 g/mol. The second-order valence-electron chi connectivity index (χ2n) is 8.50. The number of aryl methyl sites for hydroxylation is 2. The molecule has 0 aromatic carbocycles. The molecular weight excluding hydrogens is 366 g/mol. The van der Waals surface area contributed by atoms with Crippen molar-refractivity contribution in [2.24, 2.45) is 5.92 Å². The molecule has 7 heteroatoms. The van der Waals surface area contributed by atoms with Gasteiger partial charge >= 0.3 is 0 Å². The highest BCUT2D eigenvalue weighted by atomic mass is 16.5. The maximum atomic E-state index is 12.5. The van der Waals surface area contributed by atoms with Crippen molar-refractivity contribution in [3.8, 4) is 0 Å². The van der Waals surface area contributed by atoms with Gasteiger partial charge in [-0.3, -0.25) is 4.79 Å². The number of hydrogen-bond donors (Lipinski definition) is 1. The molecule has 2 aromatic heterocycles. The van der Waals surface area contributed by atoms with E-state index in [1.807, 2.05) is 30.8 Å². The summed E-state index contributed by atoms with van der Waals surface area (Å²) in [7, 11) is 0. The number of nitrogens with zero attached hydrogens (tertiary/aromatic N) is 4. The minimum atomic E-state index is 0.0934. The molecule has 3 heterocycles. The summed E-state index contributed by atoms with van der Waals surface area (Å²) in [4.78, 5) is 19.6. The molecule has 2 aromatic rings. The van der Waals surface area contributed by atoms with Crippen molar-refractivity contribution < 1.29 is 9.53 Å².